The summed E-state index contributed by atoms with van der Waals surface area (Å²) in [6.07, 6.45) is 5.57. The second-order valence-electron chi connectivity index (χ2n) is 6.71. The molecular weight excluding hydrogens is 322 g/mol. The van der Waals surface area contributed by atoms with Gasteiger partial charge in [0, 0.05) is 30.1 Å². The van der Waals surface area contributed by atoms with E-state index in [2.05, 4.69) is 45.7 Å². The van der Waals surface area contributed by atoms with E-state index in [0.717, 1.165) is 28.9 Å². The molecule has 0 radical (unpaired) electrons. The summed E-state index contributed by atoms with van der Waals surface area (Å²) in [5, 5.41) is 7.78. The maximum absolute atomic E-state index is 6.11. The highest BCUT2D eigenvalue weighted by Crippen LogP contribution is 2.25. The van der Waals surface area contributed by atoms with Crippen molar-refractivity contribution in [2.24, 2.45) is 17.8 Å². The predicted octanol–water partition coefficient (Wildman–Crippen LogP) is 3.50. The molecule has 1 aliphatic rings. The van der Waals surface area contributed by atoms with Crippen LogP contribution in [0.1, 0.15) is 23.1 Å². The summed E-state index contributed by atoms with van der Waals surface area (Å²) in [4.78, 5) is 4.51. The number of benzene rings is 2. The summed E-state index contributed by atoms with van der Waals surface area (Å²) in [5.74, 6) is 0.422. The number of nitrogens with two attached hydrogens (primary N) is 1. The number of aryl methyl sites for hydroxylation is 3. The van der Waals surface area contributed by atoms with Crippen LogP contribution in [-0.2, 0) is 26.4 Å². The fourth-order valence-corrected chi connectivity index (χ4v) is 3.50. The lowest BCUT2D eigenvalue weighted by Crippen LogP contribution is -2.22. The lowest BCUT2D eigenvalue weighted by molar-refractivity contribution is 0.769. The van der Waals surface area contributed by atoms with Crippen LogP contribution in [0.15, 0.2) is 59.7 Å². The third-order valence-corrected chi connectivity index (χ3v) is 4.74. The molecule has 0 saturated carbocycles. The Labute approximate surface area is 153 Å². The molecule has 3 aromatic rings. The zero-order valence-corrected chi connectivity index (χ0v) is 14.9. The van der Waals surface area contributed by atoms with Gasteiger partial charge in [0.05, 0.1) is 12.2 Å². The molecule has 0 unspecified atom stereocenters. The number of hydrogen-bond donors (Lipinski definition) is 2. The molecule has 0 atom stereocenters. The Hall–Kier alpha value is -3.08. The van der Waals surface area contributed by atoms with E-state index >= 15 is 0 Å². The predicted molar refractivity (Wildman–Crippen MR) is 106 cm³/mol. The SMILES string of the molecule is Cn1cc(CN=C(N)Nc2ccc3c(c2)CCC3)c(-c2ccccc2)n1. The zero-order valence-electron chi connectivity index (χ0n) is 14.9. The molecule has 4 rings (SSSR count). The first-order chi connectivity index (χ1) is 12.7. The molecule has 0 spiro atoms. The number of anilines is 1. The first kappa shape index (κ1) is 16.4. The van der Waals surface area contributed by atoms with Crippen LogP contribution in [0.2, 0.25) is 0 Å². The van der Waals surface area contributed by atoms with Crippen LogP contribution in [0.4, 0.5) is 5.69 Å². The summed E-state index contributed by atoms with van der Waals surface area (Å²) < 4.78 is 1.82. The van der Waals surface area contributed by atoms with Crippen molar-refractivity contribution in [3.63, 3.8) is 0 Å². The molecule has 3 N–H and O–H groups in total. The quantitative estimate of drug-likeness (QED) is 0.562. The molecule has 132 valence electrons. The van der Waals surface area contributed by atoms with Crippen molar-refractivity contribution in [3.05, 3.63) is 71.4 Å². The van der Waals surface area contributed by atoms with E-state index in [9.17, 15) is 0 Å². The third kappa shape index (κ3) is 3.47. The smallest absolute Gasteiger partial charge is 0.193 e. The number of fused-ring (bicyclic) bond motifs is 1. The van der Waals surface area contributed by atoms with E-state index in [4.69, 9.17) is 5.73 Å². The standard InChI is InChI=1S/C21H23N5/c1-26-14-18(20(25-26)16-6-3-2-4-7-16)13-23-21(22)24-19-11-10-15-8-5-9-17(15)12-19/h2-4,6-7,10-12,14H,5,8-9,13H2,1H3,(H3,22,23,24). The van der Waals surface area contributed by atoms with Crippen LogP contribution in [0.25, 0.3) is 11.3 Å². The van der Waals surface area contributed by atoms with Gasteiger partial charge in [-0.05, 0) is 42.5 Å². The minimum absolute atomic E-state index is 0.422. The summed E-state index contributed by atoms with van der Waals surface area (Å²) in [5.41, 5.74) is 13.1. The largest absolute Gasteiger partial charge is 0.370 e. The van der Waals surface area contributed by atoms with Gasteiger partial charge < -0.3 is 11.1 Å². The van der Waals surface area contributed by atoms with Gasteiger partial charge >= 0.3 is 0 Å². The molecule has 0 amide bonds. The Bertz CT molecular complexity index is 940. The monoisotopic (exact) mass is 345 g/mol. The number of guanidine groups is 1. The average Bonchev–Trinajstić information content (AvgIpc) is 3.26. The molecule has 0 aliphatic heterocycles. The molecule has 1 aliphatic carbocycles. The number of rotatable bonds is 4. The van der Waals surface area contributed by atoms with Crippen LogP contribution >= 0.6 is 0 Å². The summed E-state index contributed by atoms with van der Waals surface area (Å²) in [6.45, 7) is 0.488. The van der Waals surface area contributed by atoms with E-state index in [1.165, 1.54) is 24.0 Å². The molecule has 2 aromatic carbocycles. The van der Waals surface area contributed by atoms with Crippen molar-refractivity contribution in [1.29, 1.82) is 0 Å². The minimum atomic E-state index is 0.422. The average molecular weight is 345 g/mol. The van der Waals surface area contributed by atoms with Gasteiger partial charge in [-0.15, -0.1) is 0 Å². The first-order valence-corrected chi connectivity index (χ1v) is 8.96. The number of nitrogens with zero attached hydrogens (tertiary/aromatic N) is 3. The van der Waals surface area contributed by atoms with Gasteiger partial charge in [0.2, 0.25) is 0 Å². The highest BCUT2D eigenvalue weighted by molar-refractivity contribution is 5.92. The van der Waals surface area contributed by atoms with Crippen molar-refractivity contribution in [3.8, 4) is 11.3 Å². The lowest BCUT2D eigenvalue weighted by Gasteiger charge is -2.08. The van der Waals surface area contributed by atoms with Crippen molar-refractivity contribution >= 4 is 11.6 Å². The van der Waals surface area contributed by atoms with E-state index in [0.29, 0.717) is 12.5 Å². The van der Waals surface area contributed by atoms with E-state index < -0.39 is 0 Å². The maximum Gasteiger partial charge on any atom is 0.193 e. The van der Waals surface area contributed by atoms with Crippen molar-refractivity contribution < 1.29 is 0 Å². The fraction of sp³-hybridized carbons (Fsp3) is 0.238. The molecule has 0 bridgehead atoms. The van der Waals surface area contributed by atoms with Crippen molar-refractivity contribution in [1.82, 2.24) is 9.78 Å². The van der Waals surface area contributed by atoms with Gasteiger partial charge in [-0.2, -0.15) is 5.10 Å². The molecule has 5 heteroatoms. The van der Waals surface area contributed by atoms with Crippen molar-refractivity contribution in [2.45, 2.75) is 25.8 Å². The first-order valence-electron chi connectivity index (χ1n) is 8.96. The summed E-state index contributed by atoms with van der Waals surface area (Å²) in [6, 6.07) is 16.6. The Morgan fingerprint density at radius 1 is 1.15 bits per heavy atom. The normalized spacial score (nSPS) is 13.7. The van der Waals surface area contributed by atoms with Gasteiger partial charge in [0.15, 0.2) is 5.96 Å². The van der Waals surface area contributed by atoms with E-state index in [-0.39, 0.29) is 0 Å². The molecule has 1 aromatic heterocycles. The highest BCUT2D eigenvalue weighted by atomic mass is 15.3. The van der Waals surface area contributed by atoms with E-state index in [1.54, 1.807) is 0 Å². The summed E-state index contributed by atoms with van der Waals surface area (Å²) >= 11 is 0. The second-order valence-corrected chi connectivity index (χ2v) is 6.71. The van der Waals surface area contributed by atoms with E-state index in [1.807, 2.05) is 36.1 Å². The third-order valence-electron chi connectivity index (χ3n) is 4.74. The fourth-order valence-electron chi connectivity index (χ4n) is 3.50. The molecule has 0 fully saturated rings. The molecular formula is C21H23N5. The number of nitrogens with one attached hydrogen (secondary N) is 1. The van der Waals surface area contributed by atoms with Gasteiger partial charge in [-0.1, -0.05) is 36.4 Å². The van der Waals surface area contributed by atoms with Gasteiger partial charge in [-0.3, -0.25) is 4.68 Å². The molecule has 0 saturated heterocycles. The second kappa shape index (κ2) is 7.04. The van der Waals surface area contributed by atoms with Crippen LogP contribution in [0.3, 0.4) is 0 Å². The molecule has 26 heavy (non-hydrogen) atoms. The maximum atomic E-state index is 6.11. The number of aliphatic imine (C=N–C) groups is 1. The Morgan fingerprint density at radius 3 is 2.81 bits per heavy atom. The molecule has 5 nitrogen and oxygen atoms in total. The van der Waals surface area contributed by atoms with Gasteiger partial charge in [0.25, 0.3) is 0 Å². The molecule has 1 heterocycles. The van der Waals surface area contributed by atoms with Crippen molar-refractivity contribution in [2.75, 3.05) is 5.32 Å². The van der Waals surface area contributed by atoms with Gasteiger partial charge in [0.1, 0.15) is 0 Å². The number of hydrogen-bond acceptors (Lipinski definition) is 2. The number of aromatic nitrogens is 2. The van der Waals surface area contributed by atoms with Gasteiger partial charge in [-0.25, -0.2) is 4.99 Å². The minimum Gasteiger partial charge on any atom is -0.370 e. The Kier molecular flexibility index (Phi) is 4.44. The lowest BCUT2D eigenvalue weighted by atomic mass is 10.1. The van der Waals surface area contributed by atoms with Crippen LogP contribution in [0, 0.1) is 0 Å². The zero-order chi connectivity index (χ0) is 17.9. The topological polar surface area (TPSA) is 68.2 Å². The van der Waals surface area contributed by atoms with Crippen LogP contribution < -0.4 is 11.1 Å². The Morgan fingerprint density at radius 2 is 1.96 bits per heavy atom. The van der Waals surface area contributed by atoms with Crippen LogP contribution in [0.5, 0.6) is 0 Å². The van der Waals surface area contributed by atoms with Crippen LogP contribution in [-0.4, -0.2) is 15.7 Å². The highest BCUT2D eigenvalue weighted by Gasteiger charge is 2.12. The summed E-state index contributed by atoms with van der Waals surface area (Å²) in [7, 11) is 1.92. The Balaban J connectivity index is 1.49.